The highest BCUT2D eigenvalue weighted by Crippen LogP contribution is 2.33. The maximum absolute atomic E-state index is 12.4. The Kier molecular flexibility index (Phi) is 4.19. The van der Waals surface area contributed by atoms with Crippen molar-refractivity contribution in [1.82, 2.24) is 5.16 Å². The number of benzene rings is 1. The van der Waals surface area contributed by atoms with Crippen LogP contribution in [0.15, 0.2) is 34.0 Å². The number of ether oxygens (including phenoxy) is 1. The Hall–Kier alpha value is -2.06. The van der Waals surface area contributed by atoms with Crippen LogP contribution in [0.1, 0.15) is 15.9 Å². The third-order valence-corrected chi connectivity index (χ3v) is 4.53. The van der Waals surface area contributed by atoms with Crippen molar-refractivity contribution in [2.45, 2.75) is 10.6 Å². The zero-order valence-corrected chi connectivity index (χ0v) is 12.3. The molecule has 2 rings (SSSR count). The number of carboxylic acid groups (broad SMARTS) is 1. The predicted octanol–water partition coefficient (Wildman–Crippen LogP) is 2.01. The molecule has 1 aromatic carbocycles. The maximum Gasteiger partial charge on any atom is 0.339 e. The Balaban J connectivity index is 2.59. The molecule has 0 aliphatic rings. The standard InChI is InChI=1S/C12H10ClNO6S/c1-19-11-9(12(15)16)2-8(13)3-10(11)21(17,18)6-7-4-14-20-5-7/h2-5H,6H2,1H3,(H,15,16). The number of hydrogen-bond acceptors (Lipinski definition) is 6. The Bertz CT molecular complexity index is 769. The monoisotopic (exact) mass is 331 g/mol. The predicted molar refractivity (Wildman–Crippen MR) is 72.4 cm³/mol. The summed E-state index contributed by atoms with van der Waals surface area (Å²) in [4.78, 5) is 10.9. The van der Waals surface area contributed by atoms with Gasteiger partial charge < -0.3 is 14.4 Å². The quantitative estimate of drug-likeness (QED) is 0.892. The molecule has 0 amide bonds. The van der Waals surface area contributed by atoms with Crippen LogP contribution in [0, 0.1) is 0 Å². The van der Waals surface area contributed by atoms with Gasteiger partial charge in [-0.1, -0.05) is 16.8 Å². The van der Waals surface area contributed by atoms with Gasteiger partial charge in [-0.2, -0.15) is 0 Å². The van der Waals surface area contributed by atoms with Gasteiger partial charge in [0.1, 0.15) is 16.7 Å². The first-order chi connectivity index (χ1) is 9.85. The normalized spacial score (nSPS) is 11.3. The summed E-state index contributed by atoms with van der Waals surface area (Å²) in [5.74, 6) is -2.01. The van der Waals surface area contributed by atoms with E-state index in [1.807, 2.05) is 0 Å². The van der Waals surface area contributed by atoms with Crippen LogP contribution >= 0.6 is 11.6 Å². The van der Waals surface area contributed by atoms with E-state index in [2.05, 4.69) is 9.68 Å². The van der Waals surface area contributed by atoms with E-state index in [-0.39, 0.29) is 21.2 Å². The molecule has 0 aliphatic heterocycles. The zero-order chi connectivity index (χ0) is 15.6. The van der Waals surface area contributed by atoms with Gasteiger partial charge in [0.15, 0.2) is 15.6 Å². The van der Waals surface area contributed by atoms with Crippen molar-refractivity contribution in [2.24, 2.45) is 0 Å². The second kappa shape index (κ2) is 5.74. The van der Waals surface area contributed by atoms with Gasteiger partial charge in [-0.05, 0) is 12.1 Å². The van der Waals surface area contributed by atoms with Crippen molar-refractivity contribution < 1.29 is 27.6 Å². The number of nitrogens with zero attached hydrogens (tertiary/aromatic N) is 1. The van der Waals surface area contributed by atoms with Crippen molar-refractivity contribution in [3.63, 3.8) is 0 Å². The van der Waals surface area contributed by atoms with Gasteiger partial charge in [0.25, 0.3) is 0 Å². The van der Waals surface area contributed by atoms with Crippen LogP contribution in [0.25, 0.3) is 0 Å². The summed E-state index contributed by atoms with van der Waals surface area (Å²) in [6.07, 6.45) is 2.44. The summed E-state index contributed by atoms with van der Waals surface area (Å²) in [6.45, 7) is 0. The molecule has 0 spiro atoms. The molecule has 2 aromatic rings. The third kappa shape index (κ3) is 3.17. The number of sulfone groups is 1. The Morgan fingerprint density at radius 1 is 1.48 bits per heavy atom. The van der Waals surface area contributed by atoms with Gasteiger partial charge in [0, 0.05) is 10.6 Å². The summed E-state index contributed by atoms with van der Waals surface area (Å²) in [5, 5.41) is 12.5. The third-order valence-electron chi connectivity index (χ3n) is 2.63. The molecule has 0 aliphatic carbocycles. The molecular weight excluding hydrogens is 322 g/mol. The molecule has 21 heavy (non-hydrogen) atoms. The number of carbonyl (C=O) groups is 1. The molecule has 112 valence electrons. The van der Waals surface area contributed by atoms with Gasteiger partial charge in [0.05, 0.1) is 19.1 Å². The largest absolute Gasteiger partial charge is 0.494 e. The molecule has 1 heterocycles. The van der Waals surface area contributed by atoms with Crippen molar-refractivity contribution in [3.05, 3.63) is 40.7 Å². The van der Waals surface area contributed by atoms with Crippen molar-refractivity contribution in [3.8, 4) is 5.75 Å². The lowest BCUT2D eigenvalue weighted by atomic mass is 10.2. The van der Waals surface area contributed by atoms with Crippen LogP contribution in [0.4, 0.5) is 0 Å². The fourth-order valence-electron chi connectivity index (χ4n) is 1.76. The number of aromatic carboxylic acids is 1. The Morgan fingerprint density at radius 3 is 2.71 bits per heavy atom. The van der Waals surface area contributed by atoms with E-state index in [4.69, 9.17) is 21.4 Å². The second-order valence-corrected chi connectivity index (χ2v) is 6.48. The number of methoxy groups -OCH3 is 1. The lowest BCUT2D eigenvalue weighted by Gasteiger charge is -2.12. The molecule has 0 fully saturated rings. The molecule has 1 aromatic heterocycles. The van der Waals surface area contributed by atoms with E-state index in [1.165, 1.54) is 19.6 Å². The van der Waals surface area contributed by atoms with Gasteiger partial charge in [-0.15, -0.1) is 0 Å². The highest BCUT2D eigenvalue weighted by Gasteiger charge is 2.26. The summed E-state index contributed by atoms with van der Waals surface area (Å²) in [7, 11) is -2.69. The van der Waals surface area contributed by atoms with Crippen molar-refractivity contribution in [1.29, 1.82) is 0 Å². The topological polar surface area (TPSA) is 107 Å². The number of aromatic nitrogens is 1. The zero-order valence-electron chi connectivity index (χ0n) is 10.7. The van der Waals surface area contributed by atoms with E-state index in [1.54, 1.807) is 0 Å². The average Bonchev–Trinajstić information content (AvgIpc) is 2.89. The fourth-order valence-corrected chi connectivity index (χ4v) is 3.57. The second-order valence-electron chi connectivity index (χ2n) is 4.08. The van der Waals surface area contributed by atoms with Crippen LogP contribution in [-0.2, 0) is 15.6 Å². The minimum Gasteiger partial charge on any atom is -0.494 e. The maximum atomic E-state index is 12.4. The summed E-state index contributed by atoms with van der Waals surface area (Å²) in [6, 6.07) is 2.27. The van der Waals surface area contributed by atoms with Gasteiger partial charge in [0.2, 0.25) is 0 Å². The summed E-state index contributed by atoms with van der Waals surface area (Å²) < 4.78 is 34.3. The first-order valence-electron chi connectivity index (χ1n) is 5.57. The van der Waals surface area contributed by atoms with E-state index >= 15 is 0 Å². The average molecular weight is 332 g/mol. The lowest BCUT2D eigenvalue weighted by molar-refractivity contribution is 0.0693. The number of hydrogen-bond donors (Lipinski definition) is 1. The molecule has 0 unspecified atom stereocenters. The molecule has 0 radical (unpaired) electrons. The van der Waals surface area contributed by atoms with Crippen LogP contribution < -0.4 is 4.74 Å². The number of carboxylic acids is 1. The molecule has 0 bridgehead atoms. The van der Waals surface area contributed by atoms with Crippen LogP contribution in [0.5, 0.6) is 5.75 Å². The highest BCUT2D eigenvalue weighted by molar-refractivity contribution is 7.90. The molecular formula is C12H10ClNO6S. The first kappa shape index (κ1) is 15.3. The molecule has 0 saturated heterocycles. The minimum absolute atomic E-state index is 0.0166. The van der Waals surface area contributed by atoms with Gasteiger partial charge in [-0.3, -0.25) is 0 Å². The number of halogens is 1. The van der Waals surface area contributed by atoms with Crippen LogP contribution in [0.3, 0.4) is 0 Å². The molecule has 0 atom stereocenters. The number of rotatable bonds is 5. The highest BCUT2D eigenvalue weighted by atomic mass is 35.5. The van der Waals surface area contributed by atoms with E-state index in [0.717, 1.165) is 12.1 Å². The molecule has 7 nitrogen and oxygen atoms in total. The smallest absolute Gasteiger partial charge is 0.339 e. The minimum atomic E-state index is -3.88. The van der Waals surface area contributed by atoms with Crippen LogP contribution in [-0.4, -0.2) is 31.8 Å². The van der Waals surface area contributed by atoms with Gasteiger partial charge in [-0.25, -0.2) is 13.2 Å². The van der Waals surface area contributed by atoms with Crippen molar-refractivity contribution >= 4 is 27.4 Å². The van der Waals surface area contributed by atoms with E-state index < -0.39 is 21.6 Å². The van der Waals surface area contributed by atoms with Crippen molar-refractivity contribution in [2.75, 3.05) is 7.11 Å². The first-order valence-corrected chi connectivity index (χ1v) is 7.60. The molecule has 0 saturated carbocycles. The van der Waals surface area contributed by atoms with Gasteiger partial charge >= 0.3 is 5.97 Å². The molecule has 1 N–H and O–H groups in total. The fraction of sp³-hybridized carbons (Fsp3) is 0.167. The van der Waals surface area contributed by atoms with E-state index in [0.29, 0.717) is 5.56 Å². The molecule has 9 heteroatoms. The van der Waals surface area contributed by atoms with Crippen LogP contribution in [0.2, 0.25) is 5.02 Å². The summed E-state index contributed by atoms with van der Waals surface area (Å²) in [5.41, 5.74) is 0.00259. The van der Waals surface area contributed by atoms with E-state index in [9.17, 15) is 13.2 Å². The lowest BCUT2D eigenvalue weighted by Crippen LogP contribution is -2.10. The SMILES string of the molecule is COc1c(C(=O)O)cc(Cl)cc1S(=O)(=O)Cc1cnoc1. The Morgan fingerprint density at radius 2 is 2.19 bits per heavy atom. The Labute approximate surface area is 125 Å². The summed E-state index contributed by atoms with van der Waals surface area (Å²) >= 11 is 5.80.